The number of carbonyl (C=O) groups excluding carboxylic acids is 5. The Bertz CT molecular complexity index is 1210. The van der Waals surface area contributed by atoms with Crippen LogP contribution in [-0.2, 0) is 52.5 Å². The van der Waals surface area contributed by atoms with Crippen LogP contribution in [0.1, 0.15) is 148 Å². The highest BCUT2D eigenvalue weighted by Crippen LogP contribution is 2.15. The van der Waals surface area contributed by atoms with Gasteiger partial charge in [-0.2, -0.15) is 0 Å². The molecule has 0 unspecified atom stereocenters. The van der Waals surface area contributed by atoms with Crippen molar-refractivity contribution < 1.29 is 62.7 Å². The molecule has 0 heterocycles. The number of carboxylic acid groups (broad SMARTS) is 2. The van der Waals surface area contributed by atoms with E-state index in [9.17, 15) is 38.7 Å². The first-order valence-corrected chi connectivity index (χ1v) is 23.1. The Morgan fingerprint density at radius 2 is 0.935 bits per heavy atom. The molecule has 0 aromatic carbocycles. The van der Waals surface area contributed by atoms with Crippen molar-refractivity contribution >= 4 is 41.4 Å². The molecule has 18 nitrogen and oxygen atoms in total. The fourth-order valence-electron chi connectivity index (χ4n) is 6.47. The molecule has 0 aliphatic rings. The molecule has 4 amide bonds. The molecule has 0 aromatic heterocycles. The van der Waals surface area contributed by atoms with Crippen molar-refractivity contribution in [2.24, 2.45) is 11.7 Å². The number of unbranched alkanes of at least 4 members (excludes halogenated alkanes) is 14. The maximum absolute atomic E-state index is 12.3. The molecule has 62 heavy (non-hydrogen) atoms. The smallest absolute Gasteiger partial charge is 0.326 e. The number of carboxylic acids is 2. The molecule has 0 aliphatic carbocycles. The fourth-order valence-corrected chi connectivity index (χ4v) is 6.47. The molecule has 0 saturated carbocycles. The standard InChI is InChI=1S/C44H81N5O13/c1-2-36(38(50)33-45)19-17-18-24-46-41(53)34-61-31-30-60-28-26-48-42(54)35-62-32-29-59-27-25-47-39(51)23-22-37(44(57)58)49-40(52)20-15-13-11-9-7-5-3-4-6-8-10-12-14-16-21-43(55)56/h36-37H,2-35,45H2,1H3,(H,46,53)(H,47,51)(H,48,54)(H,49,52)(H,55,56)(H,57,58)/t36-,37-/m0/s1. The van der Waals surface area contributed by atoms with Gasteiger partial charge in [-0.3, -0.25) is 28.8 Å². The quantitative estimate of drug-likeness (QED) is 0.0429. The van der Waals surface area contributed by atoms with Crippen LogP contribution in [-0.4, -0.2) is 137 Å². The number of amides is 4. The molecule has 0 aliphatic heterocycles. The zero-order valence-corrected chi connectivity index (χ0v) is 37.7. The first-order chi connectivity index (χ1) is 30.0. The monoisotopic (exact) mass is 888 g/mol. The molecular weight excluding hydrogens is 807 g/mol. The molecule has 2 atom stereocenters. The molecule has 18 heteroatoms. The fraction of sp³-hybridized carbons (Fsp3) is 0.841. The van der Waals surface area contributed by atoms with Gasteiger partial charge in [0.2, 0.25) is 23.6 Å². The average Bonchev–Trinajstić information content (AvgIpc) is 3.24. The molecule has 0 saturated heterocycles. The number of hydrogen-bond donors (Lipinski definition) is 7. The molecule has 0 aromatic rings. The average molecular weight is 888 g/mol. The normalized spacial score (nSPS) is 12.0. The van der Waals surface area contributed by atoms with Crippen molar-refractivity contribution in [3.63, 3.8) is 0 Å². The first-order valence-electron chi connectivity index (χ1n) is 23.1. The summed E-state index contributed by atoms with van der Waals surface area (Å²) in [4.78, 5) is 82.2. The summed E-state index contributed by atoms with van der Waals surface area (Å²) in [6, 6.07) is -1.14. The number of nitrogens with two attached hydrogens (primary N) is 1. The summed E-state index contributed by atoms with van der Waals surface area (Å²) in [6.07, 6.45) is 18.6. The van der Waals surface area contributed by atoms with Gasteiger partial charge in [-0.25, -0.2) is 4.79 Å². The van der Waals surface area contributed by atoms with E-state index in [-0.39, 0.29) is 134 Å². The Morgan fingerprint density at radius 1 is 0.484 bits per heavy atom. The summed E-state index contributed by atoms with van der Waals surface area (Å²) in [6.45, 7) is 4.12. The van der Waals surface area contributed by atoms with Crippen LogP contribution in [0.15, 0.2) is 0 Å². The van der Waals surface area contributed by atoms with E-state index >= 15 is 0 Å². The number of Topliss-reactive ketones (excluding diaryl/α,β-unsaturated/α-hetero) is 1. The molecule has 8 N–H and O–H groups in total. The topological polar surface area (TPSA) is 271 Å². The Hall–Kier alpha value is -3.71. The molecule has 360 valence electrons. The van der Waals surface area contributed by atoms with E-state index in [1.165, 1.54) is 44.9 Å². The lowest BCUT2D eigenvalue weighted by molar-refractivity contribution is -0.142. The SMILES string of the molecule is CC[C@@H](CCCCNC(=O)COCCOCCNC(=O)COCCOCCNC(=O)CC[C@H](NC(=O)CCCCCCCCCCCCCCCCC(=O)O)C(=O)O)C(=O)CN. The number of aliphatic carboxylic acids is 2. The van der Waals surface area contributed by atoms with E-state index in [0.29, 0.717) is 13.0 Å². The first kappa shape index (κ1) is 58.3. The van der Waals surface area contributed by atoms with Crippen LogP contribution in [0.4, 0.5) is 0 Å². The van der Waals surface area contributed by atoms with Gasteiger partial charge in [-0.15, -0.1) is 0 Å². The van der Waals surface area contributed by atoms with Gasteiger partial charge in [0.05, 0.1) is 46.2 Å². The lowest BCUT2D eigenvalue weighted by Gasteiger charge is -2.14. The van der Waals surface area contributed by atoms with Crippen LogP contribution in [0.2, 0.25) is 0 Å². The predicted molar refractivity (Wildman–Crippen MR) is 234 cm³/mol. The Balaban J connectivity index is 3.66. The van der Waals surface area contributed by atoms with Gasteiger partial charge in [-0.05, 0) is 38.5 Å². The van der Waals surface area contributed by atoms with Crippen molar-refractivity contribution in [3.8, 4) is 0 Å². The van der Waals surface area contributed by atoms with Crippen LogP contribution in [0.25, 0.3) is 0 Å². The highest BCUT2D eigenvalue weighted by atomic mass is 16.5. The Kier molecular flexibility index (Phi) is 40.0. The second-order valence-electron chi connectivity index (χ2n) is 15.5. The van der Waals surface area contributed by atoms with Crippen molar-refractivity contribution in [1.82, 2.24) is 21.3 Å². The highest BCUT2D eigenvalue weighted by molar-refractivity contribution is 5.84. The molecule has 0 spiro atoms. The molecule has 0 bridgehead atoms. The van der Waals surface area contributed by atoms with Crippen molar-refractivity contribution in [2.45, 2.75) is 154 Å². The Morgan fingerprint density at radius 3 is 1.40 bits per heavy atom. The van der Waals surface area contributed by atoms with E-state index in [0.717, 1.165) is 64.2 Å². The van der Waals surface area contributed by atoms with Gasteiger partial charge in [0.1, 0.15) is 25.0 Å². The van der Waals surface area contributed by atoms with Crippen LogP contribution in [0.3, 0.4) is 0 Å². The van der Waals surface area contributed by atoms with Crippen LogP contribution in [0.5, 0.6) is 0 Å². The predicted octanol–water partition coefficient (Wildman–Crippen LogP) is 3.80. The summed E-state index contributed by atoms with van der Waals surface area (Å²) < 4.78 is 21.4. The third-order valence-corrected chi connectivity index (χ3v) is 10.1. The lowest BCUT2D eigenvalue weighted by atomic mass is 9.95. The van der Waals surface area contributed by atoms with E-state index in [2.05, 4.69) is 21.3 Å². The number of ketones is 1. The van der Waals surface area contributed by atoms with Gasteiger partial charge < -0.3 is 56.2 Å². The van der Waals surface area contributed by atoms with Crippen LogP contribution in [0, 0.1) is 5.92 Å². The summed E-state index contributed by atoms with van der Waals surface area (Å²) >= 11 is 0. The van der Waals surface area contributed by atoms with Crippen LogP contribution < -0.4 is 27.0 Å². The van der Waals surface area contributed by atoms with Gasteiger partial charge in [0.15, 0.2) is 0 Å². The van der Waals surface area contributed by atoms with Gasteiger partial charge in [-0.1, -0.05) is 90.4 Å². The summed E-state index contributed by atoms with van der Waals surface area (Å²) in [7, 11) is 0. The minimum absolute atomic E-state index is 0.0121. The number of rotatable bonds is 46. The number of nitrogens with one attached hydrogen (secondary N) is 4. The molecule has 0 rings (SSSR count). The maximum Gasteiger partial charge on any atom is 0.326 e. The molecule has 0 radical (unpaired) electrons. The van der Waals surface area contributed by atoms with E-state index < -0.39 is 18.0 Å². The summed E-state index contributed by atoms with van der Waals surface area (Å²) in [5.41, 5.74) is 5.43. The zero-order chi connectivity index (χ0) is 45.9. The number of hydrogen-bond acceptors (Lipinski definition) is 12. The summed E-state index contributed by atoms with van der Waals surface area (Å²) in [5.74, 6) is -3.05. The second kappa shape index (κ2) is 42.6. The third kappa shape index (κ3) is 39.2. The lowest BCUT2D eigenvalue weighted by Crippen LogP contribution is -2.41. The van der Waals surface area contributed by atoms with E-state index in [4.69, 9.17) is 29.8 Å². The minimum atomic E-state index is -1.18. The van der Waals surface area contributed by atoms with E-state index in [1.54, 1.807) is 0 Å². The second-order valence-corrected chi connectivity index (χ2v) is 15.5. The van der Waals surface area contributed by atoms with Crippen molar-refractivity contribution in [3.05, 3.63) is 0 Å². The molecule has 0 fully saturated rings. The van der Waals surface area contributed by atoms with Gasteiger partial charge >= 0.3 is 11.9 Å². The number of carbonyl (C=O) groups is 7. The van der Waals surface area contributed by atoms with E-state index in [1.807, 2.05) is 6.92 Å². The van der Waals surface area contributed by atoms with Crippen molar-refractivity contribution in [1.29, 1.82) is 0 Å². The number of ether oxygens (including phenoxy) is 4. The molecular formula is C44H81N5O13. The van der Waals surface area contributed by atoms with Gasteiger partial charge in [0, 0.05) is 44.8 Å². The van der Waals surface area contributed by atoms with Crippen molar-refractivity contribution in [2.75, 3.05) is 79.0 Å². The zero-order valence-electron chi connectivity index (χ0n) is 37.7. The largest absolute Gasteiger partial charge is 0.481 e. The third-order valence-electron chi connectivity index (χ3n) is 10.1. The minimum Gasteiger partial charge on any atom is -0.481 e. The highest BCUT2D eigenvalue weighted by Gasteiger charge is 2.21. The van der Waals surface area contributed by atoms with Gasteiger partial charge in [0.25, 0.3) is 0 Å². The van der Waals surface area contributed by atoms with Crippen LogP contribution >= 0.6 is 0 Å². The maximum atomic E-state index is 12.3. The summed E-state index contributed by atoms with van der Waals surface area (Å²) in [5, 5.41) is 28.8. The Labute approximate surface area is 369 Å².